The largest absolute Gasteiger partial charge is 0.497 e. The Labute approximate surface area is 121 Å². The summed E-state index contributed by atoms with van der Waals surface area (Å²) >= 11 is 0. The van der Waals surface area contributed by atoms with Crippen molar-refractivity contribution in [1.29, 1.82) is 0 Å². The second-order valence-corrected chi connectivity index (χ2v) is 6.23. The van der Waals surface area contributed by atoms with Crippen molar-refractivity contribution in [1.82, 2.24) is 0 Å². The topological polar surface area (TPSA) is 35.5 Å². The zero-order valence-corrected chi connectivity index (χ0v) is 12.3. The molecule has 0 aromatic heterocycles. The Morgan fingerprint density at radius 1 is 0.850 bits per heavy atom. The molecule has 3 nitrogen and oxygen atoms in total. The number of fused-ring (bicyclic) bond motifs is 3. The van der Waals surface area contributed by atoms with Gasteiger partial charge in [0.05, 0.1) is 14.2 Å². The van der Waals surface area contributed by atoms with Crippen LogP contribution in [0.1, 0.15) is 11.1 Å². The van der Waals surface area contributed by atoms with Gasteiger partial charge in [0.1, 0.15) is 11.5 Å². The summed E-state index contributed by atoms with van der Waals surface area (Å²) in [6.07, 6.45) is 0. The summed E-state index contributed by atoms with van der Waals surface area (Å²) in [5.74, 6) is 2.72. The van der Waals surface area contributed by atoms with Crippen LogP contribution in [0.3, 0.4) is 0 Å². The van der Waals surface area contributed by atoms with Crippen molar-refractivity contribution in [3.8, 4) is 22.6 Å². The van der Waals surface area contributed by atoms with Gasteiger partial charge in [-0.25, -0.2) is 0 Å². The Morgan fingerprint density at radius 2 is 1.30 bits per heavy atom. The first-order valence-electron chi connectivity index (χ1n) is 6.40. The van der Waals surface area contributed by atoms with E-state index in [0.717, 1.165) is 33.8 Å². The van der Waals surface area contributed by atoms with E-state index in [1.165, 1.54) is 0 Å². The zero-order chi connectivity index (χ0) is 14.1. The highest BCUT2D eigenvalue weighted by Gasteiger charge is 2.19. The minimum atomic E-state index is -0.912. The Bertz CT molecular complexity index is 622. The van der Waals surface area contributed by atoms with E-state index in [-0.39, 0.29) is 0 Å². The van der Waals surface area contributed by atoms with E-state index in [4.69, 9.17) is 9.47 Å². The van der Waals surface area contributed by atoms with Crippen LogP contribution in [0.15, 0.2) is 36.4 Å². The first kappa shape index (κ1) is 13.2. The lowest BCUT2D eigenvalue weighted by atomic mass is 9.96. The molecule has 0 saturated carbocycles. The lowest BCUT2D eigenvalue weighted by molar-refractivity contribution is 0.414. The maximum absolute atomic E-state index is 12.2. The molecule has 0 radical (unpaired) electrons. The van der Waals surface area contributed by atoms with E-state index in [1.54, 1.807) is 14.2 Å². The van der Waals surface area contributed by atoms with E-state index >= 15 is 0 Å². The molecule has 0 unspecified atom stereocenters. The minimum Gasteiger partial charge on any atom is -0.497 e. The molecule has 0 bridgehead atoms. The quantitative estimate of drug-likeness (QED) is 0.851. The van der Waals surface area contributed by atoms with Gasteiger partial charge >= 0.3 is 0 Å². The molecule has 1 aliphatic heterocycles. The van der Waals surface area contributed by atoms with Crippen LogP contribution in [0.25, 0.3) is 11.1 Å². The molecule has 0 amide bonds. The molecule has 0 aliphatic carbocycles. The standard InChI is InChI=1S/C16H16O3S/c1-18-13-3-5-15-11(7-13)9-20(17)10-12-8-14(19-2)4-6-16(12)15/h3-8H,9-10H2,1-2H3. The number of benzene rings is 2. The zero-order valence-electron chi connectivity index (χ0n) is 11.5. The molecule has 3 rings (SSSR count). The number of hydrogen-bond donors (Lipinski definition) is 0. The lowest BCUT2D eigenvalue weighted by Gasteiger charge is -2.11. The summed E-state index contributed by atoms with van der Waals surface area (Å²) in [7, 11) is 2.38. The van der Waals surface area contributed by atoms with Gasteiger partial charge in [0.25, 0.3) is 0 Å². The molecule has 0 N–H and O–H groups in total. The van der Waals surface area contributed by atoms with Crippen LogP contribution >= 0.6 is 0 Å². The maximum Gasteiger partial charge on any atom is 0.119 e. The fourth-order valence-electron chi connectivity index (χ4n) is 2.56. The highest BCUT2D eigenvalue weighted by atomic mass is 32.2. The summed E-state index contributed by atoms with van der Waals surface area (Å²) in [4.78, 5) is 0. The lowest BCUT2D eigenvalue weighted by Crippen LogP contribution is -1.97. The number of methoxy groups -OCH3 is 2. The monoisotopic (exact) mass is 288 g/mol. The summed E-state index contributed by atoms with van der Waals surface area (Å²) in [6, 6.07) is 11.9. The van der Waals surface area contributed by atoms with Crippen LogP contribution in [0.2, 0.25) is 0 Å². The Hall–Kier alpha value is -1.81. The molecule has 2 aromatic carbocycles. The van der Waals surface area contributed by atoms with Crippen molar-refractivity contribution in [2.45, 2.75) is 11.5 Å². The molecule has 20 heavy (non-hydrogen) atoms. The average Bonchev–Trinajstić information content (AvgIpc) is 2.60. The third-order valence-corrected chi connectivity index (χ3v) is 4.81. The Balaban J connectivity index is 2.19. The van der Waals surface area contributed by atoms with Gasteiger partial charge in [-0.15, -0.1) is 0 Å². The number of hydrogen-bond acceptors (Lipinski definition) is 3. The highest BCUT2D eigenvalue weighted by molar-refractivity contribution is 7.83. The maximum atomic E-state index is 12.2. The van der Waals surface area contributed by atoms with Crippen molar-refractivity contribution in [2.24, 2.45) is 0 Å². The fraction of sp³-hybridized carbons (Fsp3) is 0.250. The molecule has 0 fully saturated rings. The van der Waals surface area contributed by atoms with Gasteiger partial charge < -0.3 is 9.47 Å². The molecule has 104 valence electrons. The number of ether oxygens (including phenoxy) is 2. The Kier molecular flexibility index (Phi) is 3.49. The van der Waals surface area contributed by atoms with Crippen LogP contribution in [-0.2, 0) is 22.3 Å². The first-order chi connectivity index (χ1) is 9.71. The van der Waals surface area contributed by atoms with E-state index in [1.807, 2.05) is 36.4 Å². The van der Waals surface area contributed by atoms with E-state index in [9.17, 15) is 4.21 Å². The molecule has 4 heteroatoms. The van der Waals surface area contributed by atoms with Crippen LogP contribution in [0.5, 0.6) is 11.5 Å². The second-order valence-electron chi connectivity index (χ2n) is 4.77. The van der Waals surface area contributed by atoms with Gasteiger partial charge in [-0.3, -0.25) is 4.21 Å². The fourth-order valence-corrected chi connectivity index (χ4v) is 3.83. The van der Waals surface area contributed by atoms with Crippen LogP contribution in [0, 0.1) is 0 Å². The smallest absolute Gasteiger partial charge is 0.119 e. The normalized spacial score (nSPS) is 14.1. The van der Waals surface area contributed by atoms with Crippen molar-refractivity contribution < 1.29 is 13.7 Å². The SMILES string of the molecule is COc1ccc2c(c1)CS(=O)Cc1cc(OC)ccc1-2. The van der Waals surface area contributed by atoms with Crippen molar-refractivity contribution >= 4 is 10.8 Å². The van der Waals surface area contributed by atoms with Crippen molar-refractivity contribution in [3.63, 3.8) is 0 Å². The summed E-state index contributed by atoms with van der Waals surface area (Å²) in [6.45, 7) is 0. The van der Waals surface area contributed by atoms with Gasteiger partial charge in [0.2, 0.25) is 0 Å². The third-order valence-electron chi connectivity index (χ3n) is 3.55. The molecular formula is C16H16O3S. The third kappa shape index (κ3) is 2.31. The van der Waals surface area contributed by atoms with Crippen molar-refractivity contribution in [3.05, 3.63) is 47.5 Å². The second kappa shape index (κ2) is 5.29. The summed E-state index contributed by atoms with van der Waals surface area (Å²) in [5.41, 5.74) is 4.42. The van der Waals surface area contributed by atoms with E-state index < -0.39 is 10.8 Å². The predicted molar refractivity (Wildman–Crippen MR) is 80.5 cm³/mol. The van der Waals surface area contributed by atoms with E-state index in [2.05, 4.69) is 0 Å². The van der Waals surface area contributed by atoms with Gasteiger partial charge in [-0.1, -0.05) is 12.1 Å². The minimum absolute atomic E-state index is 0.559. The summed E-state index contributed by atoms with van der Waals surface area (Å²) < 4.78 is 22.8. The molecule has 0 atom stereocenters. The van der Waals surface area contributed by atoms with Crippen LogP contribution < -0.4 is 9.47 Å². The Morgan fingerprint density at radius 3 is 1.70 bits per heavy atom. The van der Waals surface area contributed by atoms with Gasteiger partial charge in [0.15, 0.2) is 0 Å². The van der Waals surface area contributed by atoms with Crippen LogP contribution in [0.4, 0.5) is 0 Å². The summed E-state index contributed by atoms with van der Waals surface area (Å²) in [5, 5.41) is 0. The highest BCUT2D eigenvalue weighted by Crippen LogP contribution is 2.36. The molecule has 0 saturated heterocycles. The van der Waals surface area contributed by atoms with Gasteiger partial charge in [-0.2, -0.15) is 0 Å². The molecule has 0 spiro atoms. The van der Waals surface area contributed by atoms with E-state index in [0.29, 0.717) is 11.5 Å². The molecule has 2 aromatic rings. The van der Waals surface area contributed by atoms with Crippen molar-refractivity contribution in [2.75, 3.05) is 14.2 Å². The molecule has 1 heterocycles. The average molecular weight is 288 g/mol. The van der Waals surface area contributed by atoms with Gasteiger partial charge in [0, 0.05) is 22.3 Å². The molecular weight excluding hydrogens is 272 g/mol. The number of rotatable bonds is 2. The first-order valence-corrected chi connectivity index (χ1v) is 7.89. The molecule has 1 aliphatic rings. The van der Waals surface area contributed by atoms with Gasteiger partial charge in [-0.05, 0) is 46.5 Å². The predicted octanol–water partition coefficient (Wildman–Crippen LogP) is 3.13. The van der Waals surface area contributed by atoms with Crippen LogP contribution in [-0.4, -0.2) is 18.4 Å².